The van der Waals surface area contributed by atoms with Gasteiger partial charge in [-0.25, -0.2) is 29.7 Å². The number of nitrogens with zero attached hydrogens (tertiary/aromatic N) is 7. The number of fused-ring (bicyclic) bond motifs is 1. The molecule has 2 aliphatic carbocycles. The van der Waals surface area contributed by atoms with Crippen molar-refractivity contribution in [2.24, 2.45) is 10.8 Å². The molecule has 1 N–H and O–H groups in total. The fourth-order valence-electron chi connectivity index (χ4n) is 8.34. The number of aromatic amines is 1. The highest BCUT2D eigenvalue weighted by Gasteiger charge is 2.39. The molecule has 2 saturated carbocycles. The SMILES string of the molecule is CCOC(=O)COC1CCN(c2cnc(-c3nc4nc(-c5cc(C6CC6)nc(C(F)(F)F)c5)cc(N(C)CC5(COC)CCCCC5)c4[nH]3)cn2)CC1(C)C. The Morgan fingerprint density at radius 3 is 2.45 bits per heavy atom. The molecular formula is C40H51F3N8O4. The number of halogens is 3. The summed E-state index contributed by atoms with van der Waals surface area (Å²) in [5.74, 6) is 0.812. The average molecular weight is 765 g/mol. The van der Waals surface area contributed by atoms with Crippen LogP contribution in [-0.4, -0.2) is 95.6 Å². The second-order valence-corrected chi connectivity index (χ2v) is 16.2. The highest BCUT2D eigenvalue weighted by molar-refractivity contribution is 5.91. The second-order valence-electron chi connectivity index (χ2n) is 16.2. The van der Waals surface area contributed by atoms with Crippen LogP contribution < -0.4 is 9.80 Å². The van der Waals surface area contributed by atoms with Gasteiger partial charge in [0.25, 0.3) is 0 Å². The summed E-state index contributed by atoms with van der Waals surface area (Å²) < 4.78 is 59.0. The smallest absolute Gasteiger partial charge is 0.433 e. The van der Waals surface area contributed by atoms with Gasteiger partial charge in [-0.05, 0) is 57.2 Å². The van der Waals surface area contributed by atoms with Crippen LogP contribution >= 0.6 is 0 Å². The van der Waals surface area contributed by atoms with Crippen LogP contribution in [0.3, 0.4) is 0 Å². The summed E-state index contributed by atoms with van der Waals surface area (Å²) >= 11 is 0. The maximum Gasteiger partial charge on any atom is 0.433 e. The van der Waals surface area contributed by atoms with Gasteiger partial charge in [-0.1, -0.05) is 33.1 Å². The number of carbonyl (C=O) groups excluding carboxylic acids is 1. The van der Waals surface area contributed by atoms with Gasteiger partial charge in [0.05, 0.1) is 43.1 Å². The van der Waals surface area contributed by atoms with Crippen molar-refractivity contribution < 1.29 is 32.2 Å². The topological polar surface area (TPSA) is 131 Å². The third-order valence-electron chi connectivity index (χ3n) is 11.3. The first-order chi connectivity index (χ1) is 26.3. The molecule has 12 nitrogen and oxygen atoms in total. The van der Waals surface area contributed by atoms with Crippen molar-refractivity contribution in [2.45, 2.75) is 90.3 Å². The lowest BCUT2D eigenvalue weighted by Crippen LogP contribution is -2.50. The van der Waals surface area contributed by atoms with E-state index in [1.807, 2.05) is 13.1 Å². The monoisotopic (exact) mass is 764 g/mol. The van der Waals surface area contributed by atoms with Crippen LogP contribution in [0.2, 0.25) is 0 Å². The molecule has 1 atom stereocenters. The quantitative estimate of drug-likeness (QED) is 0.135. The number of piperidine rings is 1. The largest absolute Gasteiger partial charge is 0.464 e. The minimum atomic E-state index is -4.59. The molecule has 1 aliphatic heterocycles. The Kier molecular flexibility index (Phi) is 11.1. The number of pyridine rings is 2. The summed E-state index contributed by atoms with van der Waals surface area (Å²) in [7, 11) is 3.74. The van der Waals surface area contributed by atoms with Crippen LogP contribution in [0.15, 0.2) is 30.6 Å². The van der Waals surface area contributed by atoms with E-state index in [1.165, 1.54) is 6.42 Å². The summed E-state index contributed by atoms with van der Waals surface area (Å²) in [5.41, 5.74) is 2.27. The summed E-state index contributed by atoms with van der Waals surface area (Å²) in [4.78, 5) is 42.8. The maximum absolute atomic E-state index is 14.1. The van der Waals surface area contributed by atoms with Gasteiger partial charge >= 0.3 is 12.1 Å². The number of rotatable bonds is 13. The minimum Gasteiger partial charge on any atom is -0.464 e. The molecule has 0 spiro atoms. The lowest BCUT2D eigenvalue weighted by molar-refractivity contribution is -0.153. The van der Waals surface area contributed by atoms with E-state index >= 15 is 0 Å². The fourth-order valence-corrected chi connectivity index (χ4v) is 8.34. The molecule has 4 aromatic heterocycles. The van der Waals surface area contributed by atoms with Gasteiger partial charge in [-0.3, -0.25) is 0 Å². The molecular weight excluding hydrogens is 713 g/mol. The molecule has 3 aliphatic rings. The average Bonchev–Trinajstić information content (AvgIpc) is 3.92. The number of imidazole rings is 1. The zero-order chi connectivity index (χ0) is 39.0. The maximum atomic E-state index is 14.1. The lowest BCUT2D eigenvalue weighted by atomic mass is 9.74. The van der Waals surface area contributed by atoms with Crippen molar-refractivity contribution in [2.75, 3.05) is 63.4 Å². The predicted molar refractivity (Wildman–Crippen MR) is 203 cm³/mol. The molecule has 4 aromatic rings. The highest BCUT2D eigenvalue weighted by Crippen LogP contribution is 2.44. The van der Waals surface area contributed by atoms with Crippen LogP contribution in [0.4, 0.5) is 24.7 Å². The van der Waals surface area contributed by atoms with E-state index in [4.69, 9.17) is 34.1 Å². The van der Waals surface area contributed by atoms with E-state index in [0.29, 0.717) is 84.7 Å². The van der Waals surface area contributed by atoms with Crippen LogP contribution in [0.1, 0.15) is 89.4 Å². The van der Waals surface area contributed by atoms with E-state index in [0.717, 1.165) is 50.3 Å². The lowest BCUT2D eigenvalue weighted by Gasteiger charge is -2.44. The highest BCUT2D eigenvalue weighted by atomic mass is 19.4. The molecule has 15 heteroatoms. The first-order valence-electron chi connectivity index (χ1n) is 19.3. The number of nitrogens with one attached hydrogen (secondary N) is 1. The first kappa shape index (κ1) is 38.9. The third-order valence-corrected chi connectivity index (χ3v) is 11.3. The first-order valence-corrected chi connectivity index (χ1v) is 19.3. The van der Waals surface area contributed by atoms with Gasteiger partial charge in [0.15, 0.2) is 11.5 Å². The van der Waals surface area contributed by atoms with Crippen molar-refractivity contribution in [1.29, 1.82) is 0 Å². The molecule has 0 bridgehead atoms. The molecule has 296 valence electrons. The number of ether oxygens (including phenoxy) is 3. The Bertz CT molecular complexity index is 1970. The summed E-state index contributed by atoms with van der Waals surface area (Å²) in [6, 6.07) is 4.69. The van der Waals surface area contributed by atoms with Gasteiger partial charge in [-0.15, -0.1) is 0 Å². The Labute approximate surface area is 319 Å². The van der Waals surface area contributed by atoms with E-state index in [2.05, 4.69) is 33.6 Å². The van der Waals surface area contributed by atoms with Crippen molar-refractivity contribution in [3.05, 3.63) is 42.0 Å². The van der Waals surface area contributed by atoms with Crippen molar-refractivity contribution in [1.82, 2.24) is 29.9 Å². The van der Waals surface area contributed by atoms with Crippen LogP contribution in [0.5, 0.6) is 0 Å². The number of methoxy groups -OCH3 is 1. The number of hydrogen-bond donors (Lipinski definition) is 1. The Morgan fingerprint density at radius 1 is 1.02 bits per heavy atom. The summed E-state index contributed by atoms with van der Waals surface area (Å²) in [5, 5.41) is 0. The molecule has 3 fully saturated rings. The van der Waals surface area contributed by atoms with E-state index in [1.54, 1.807) is 32.5 Å². The zero-order valence-corrected chi connectivity index (χ0v) is 32.3. The molecule has 1 unspecified atom stereocenters. The molecule has 0 aromatic carbocycles. The van der Waals surface area contributed by atoms with Gasteiger partial charge in [0.2, 0.25) is 0 Å². The normalized spacial score (nSPS) is 19.8. The van der Waals surface area contributed by atoms with Crippen molar-refractivity contribution in [3.63, 3.8) is 0 Å². The second kappa shape index (κ2) is 15.6. The van der Waals surface area contributed by atoms with E-state index in [-0.39, 0.29) is 35.4 Å². The molecule has 1 saturated heterocycles. The summed E-state index contributed by atoms with van der Waals surface area (Å²) in [6.07, 6.45) is 6.52. The number of aromatic nitrogens is 6. The zero-order valence-electron chi connectivity index (χ0n) is 32.3. The number of carbonyl (C=O) groups is 1. The van der Waals surface area contributed by atoms with Gasteiger partial charge < -0.3 is 29.0 Å². The number of hydrogen-bond acceptors (Lipinski definition) is 11. The van der Waals surface area contributed by atoms with Crippen molar-refractivity contribution >= 4 is 28.6 Å². The van der Waals surface area contributed by atoms with Crippen LogP contribution in [0.25, 0.3) is 33.9 Å². The van der Waals surface area contributed by atoms with Crippen molar-refractivity contribution in [3.8, 4) is 22.8 Å². The van der Waals surface area contributed by atoms with Crippen LogP contribution in [0, 0.1) is 10.8 Å². The van der Waals surface area contributed by atoms with Gasteiger partial charge in [-0.2, -0.15) is 13.2 Å². The van der Waals surface area contributed by atoms with Gasteiger partial charge in [0.1, 0.15) is 29.3 Å². The Hall–Kier alpha value is -4.37. The molecule has 7 rings (SSSR count). The minimum absolute atomic E-state index is 0.0211. The molecule has 0 radical (unpaired) electrons. The van der Waals surface area contributed by atoms with Gasteiger partial charge in [0, 0.05) is 61.8 Å². The number of alkyl halides is 3. The standard InChI is InChI=1S/C40H51F3N8O4/c1-6-54-34(52)21-55-32-12-15-51(22-38(32,2)3)33-20-44-29(19-45-33)36-48-35-30(50(4)23-39(24-53-5)13-8-7-9-14-39)18-28(47-37(35)49-36)26-16-27(25-10-11-25)46-31(17-26)40(41,42)43/h16-20,25,32H,6-15,21-24H2,1-5H3,(H,47,48,49). The Morgan fingerprint density at radius 2 is 1.80 bits per heavy atom. The molecule has 55 heavy (non-hydrogen) atoms. The van der Waals surface area contributed by atoms with E-state index in [9.17, 15) is 18.0 Å². The van der Waals surface area contributed by atoms with Crippen LogP contribution in [-0.2, 0) is 25.2 Å². The fraction of sp³-hybridized carbons (Fsp3) is 0.600. The summed E-state index contributed by atoms with van der Waals surface area (Å²) in [6.45, 7) is 8.87. The Balaban J connectivity index is 1.20. The molecule has 0 amide bonds. The number of esters is 1. The third kappa shape index (κ3) is 8.72. The predicted octanol–water partition coefficient (Wildman–Crippen LogP) is 7.59. The number of H-pyrrole nitrogens is 1. The number of anilines is 2. The molecule has 5 heterocycles. The van der Waals surface area contributed by atoms with E-state index < -0.39 is 11.9 Å².